The minimum absolute atomic E-state index is 0.276. The van der Waals surface area contributed by atoms with Gasteiger partial charge in [-0.25, -0.2) is 0 Å². The predicted octanol–water partition coefficient (Wildman–Crippen LogP) is 3.42. The fourth-order valence-electron chi connectivity index (χ4n) is 2.07. The van der Waals surface area contributed by atoms with Gasteiger partial charge in [0, 0.05) is 12.6 Å². The Balaban J connectivity index is 2.03. The topological polar surface area (TPSA) is 45.0 Å². The SMILES string of the molecule is COc1cc(CN[C@H](C)c2ccccc2)ccc1C#N. The van der Waals surface area contributed by atoms with Gasteiger partial charge >= 0.3 is 0 Å². The van der Waals surface area contributed by atoms with Gasteiger partial charge in [-0.05, 0) is 30.2 Å². The van der Waals surface area contributed by atoms with E-state index in [-0.39, 0.29) is 6.04 Å². The summed E-state index contributed by atoms with van der Waals surface area (Å²) in [5, 5.41) is 12.4. The lowest BCUT2D eigenvalue weighted by molar-refractivity contribution is 0.412. The number of nitrogens with zero attached hydrogens (tertiary/aromatic N) is 1. The van der Waals surface area contributed by atoms with Crippen LogP contribution in [0.1, 0.15) is 29.7 Å². The highest BCUT2D eigenvalue weighted by Crippen LogP contribution is 2.20. The average molecular weight is 266 g/mol. The molecule has 0 heterocycles. The number of ether oxygens (including phenoxy) is 1. The average Bonchev–Trinajstić information content (AvgIpc) is 2.53. The molecule has 0 unspecified atom stereocenters. The Morgan fingerprint density at radius 3 is 2.60 bits per heavy atom. The van der Waals surface area contributed by atoms with Crippen LogP contribution in [0.2, 0.25) is 0 Å². The minimum Gasteiger partial charge on any atom is -0.495 e. The van der Waals surface area contributed by atoms with E-state index >= 15 is 0 Å². The van der Waals surface area contributed by atoms with Crippen molar-refractivity contribution in [1.82, 2.24) is 5.32 Å². The van der Waals surface area contributed by atoms with Crippen LogP contribution in [0, 0.1) is 11.3 Å². The van der Waals surface area contributed by atoms with E-state index in [0.29, 0.717) is 11.3 Å². The number of rotatable bonds is 5. The maximum Gasteiger partial charge on any atom is 0.136 e. The summed E-state index contributed by atoms with van der Waals surface area (Å²) < 4.78 is 5.22. The van der Waals surface area contributed by atoms with Crippen LogP contribution in [0.25, 0.3) is 0 Å². The fourth-order valence-corrected chi connectivity index (χ4v) is 2.07. The number of hydrogen-bond donors (Lipinski definition) is 1. The van der Waals surface area contributed by atoms with Crippen LogP contribution < -0.4 is 10.1 Å². The molecule has 0 amide bonds. The van der Waals surface area contributed by atoms with Crippen molar-refractivity contribution in [2.75, 3.05) is 7.11 Å². The Bertz CT molecular complexity index is 602. The monoisotopic (exact) mass is 266 g/mol. The molecule has 20 heavy (non-hydrogen) atoms. The Hall–Kier alpha value is -2.31. The van der Waals surface area contributed by atoms with Crippen LogP contribution >= 0.6 is 0 Å². The van der Waals surface area contributed by atoms with E-state index in [1.807, 2.05) is 30.3 Å². The van der Waals surface area contributed by atoms with Crippen LogP contribution in [0.5, 0.6) is 5.75 Å². The van der Waals surface area contributed by atoms with Gasteiger partial charge < -0.3 is 10.1 Å². The number of benzene rings is 2. The van der Waals surface area contributed by atoms with Gasteiger partial charge in [-0.1, -0.05) is 36.4 Å². The summed E-state index contributed by atoms with van der Waals surface area (Å²) in [5.41, 5.74) is 2.92. The van der Waals surface area contributed by atoms with Gasteiger partial charge in [0.05, 0.1) is 12.7 Å². The molecule has 0 aliphatic rings. The van der Waals surface area contributed by atoms with Gasteiger partial charge in [0.25, 0.3) is 0 Å². The highest BCUT2D eigenvalue weighted by Gasteiger charge is 2.06. The Labute approximate surface area is 119 Å². The molecule has 1 N–H and O–H groups in total. The first kappa shape index (κ1) is 14.1. The van der Waals surface area contributed by atoms with Crippen molar-refractivity contribution in [2.24, 2.45) is 0 Å². The third kappa shape index (κ3) is 3.37. The summed E-state index contributed by atoms with van der Waals surface area (Å²) in [6.45, 7) is 2.87. The van der Waals surface area contributed by atoms with Gasteiger partial charge in [-0.2, -0.15) is 5.26 Å². The molecule has 2 rings (SSSR count). The maximum atomic E-state index is 8.96. The highest BCUT2D eigenvalue weighted by atomic mass is 16.5. The van der Waals surface area contributed by atoms with Crippen molar-refractivity contribution in [3.05, 3.63) is 65.2 Å². The van der Waals surface area contributed by atoms with E-state index in [9.17, 15) is 0 Å². The quantitative estimate of drug-likeness (QED) is 0.902. The van der Waals surface area contributed by atoms with E-state index in [0.717, 1.165) is 12.1 Å². The van der Waals surface area contributed by atoms with Crippen LogP contribution in [-0.2, 0) is 6.54 Å². The first-order chi connectivity index (χ1) is 9.74. The maximum absolute atomic E-state index is 8.96. The molecule has 3 heteroatoms. The molecule has 2 aromatic rings. The van der Waals surface area contributed by atoms with Gasteiger partial charge in [0.1, 0.15) is 11.8 Å². The molecule has 1 atom stereocenters. The molecule has 0 saturated heterocycles. The first-order valence-electron chi connectivity index (χ1n) is 6.60. The van der Waals surface area contributed by atoms with Crippen molar-refractivity contribution in [2.45, 2.75) is 19.5 Å². The van der Waals surface area contributed by atoms with Crippen molar-refractivity contribution < 1.29 is 4.74 Å². The predicted molar refractivity (Wildman–Crippen MR) is 79.4 cm³/mol. The zero-order valence-corrected chi connectivity index (χ0v) is 11.8. The molecule has 102 valence electrons. The van der Waals surface area contributed by atoms with Crippen LogP contribution in [0.4, 0.5) is 0 Å². The first-order valence-corrected chi connectivity index (χ1v) is 6.60. The van der Waals surface area contributed by atoms with E-state index in [4.69, 9.17) is 10.00 Å². The van der Waals surface area contributed by atoms with Crippen molar-refractivity contribution in [3.63, 3.8) is 0 Å². The summed E-state index contributed by atoms with van der Waals surface area (Å²) in [6.07, 6.45) is 0. The van der Waals surface area contributed by atoms with E-state index < -0.39 is 0 Å². The second-order valence-corrected chi connectivity index (χ2v) is 4.66. The van der Waals surface area contributed by atoms with Crippen molar-refractivity contribution in [3.8, 4) is 11.8 Å². The normalized spacial score (nSPS) is 11.7. The molecule has 0 bridgehead atoms. The summed E-state index contributed by atoms with van der Waals surface area (Å²) in [4.78, 5) is 0. The van der Waals surface area contributed by atoms with Gasteiger partial charge in [-0.15, -0.1) is 0 Å². The van der Waals surface area contributed by atoms with E-state index in [2.05, 4.69) is 30.4 Å². The Morgan fingerprint density at radius 2 is 1.95 bits per heavy atom. The third-order valence-electron chi connectivity index (χ3n) is 3.30. The zero-order chi connectivity index (χ0) is 14.4. The zero-order valence-electron chi connectivity index (χ0n) is 11.8. The largest absolute Gasteiger partial charge is 0.495 e. The minimum atomic E-state index is 0.276. The second-order valence-electron chi connectivity index (χ2n) is 4.66. The van der Waals surface area contributed by atoms with Gasteiger partial charge in [0.15, 0.2) is 0 Å². The van der Waals surface area contributed by atoms with Crippen molar-refractivity contribution >= 4 is 0 Å². The number of methoxy groups -OCH3 is 1. The fraction of sp³-hybridized carbons (Fsp3) is 0.235. The Kier molecular flexibility index (Phi) is 4.75. The molecule has 0 aliphatic carbocycles. The lowest BCUT2D eigenvalue weighted by Gasteiger charge is -2.14. The van der Waals surface area contributed by atoms with Gasteiger partial charge in [-0.3, -0.25) is 0 Å². The summed E-state index contributed by atoms with van der Waals surface area (Å²) >= 11 is 0. The standard InChI is InChI=1S/C17H18N2O/c1-13(15-6-4-3-5-7-15)19-12-14-8-9-16(11-18)17(10-14)20-2/h3-10,13,19H,12H2,1-2H3/t13-/m1/s1. The molecule has 0 aliphatic heterocycles. The molecule has 0 aromatic heterocycles. The molecule has 0 radical (unpaired) electrons. The van der Waals surface area contributed by atoms with E-state index in [1.165, 1.54) is 5.56 Å². The second kappa shape index (κ2) is 6.74. The van der Waals surface area contributed by atoms with Crippen molar-refractivity contribution in [1.29, 1.82) is 5.26 Å². The number of hydrogen-bond acceptors (Lipinski definition) is 3. The smallest absolute Gasteiger partial charge is 0.136 e. The summed E-state index contributed by atoms with van der Waals surface area (Å²) in [6, 6.07) is 18.4. The Morgan fingerprint density at radius 1 is 1.20 bits per heavy atom. The molecular formula is C17H18N2O. The number of nitrogens with one attached hydrogen (secondary N) is 1. The lowest BCUT2D eigenvalue weighted by atomic mass is 10.1. The lowest BCUT2D eigenvalue weighted by Crippen LogP contribution is -2.18. The van der Waals surface area contributed by atoms with Crippen LogP contribution in [-0.4, -0.2) is 7.11 Å². The molecule has 2 aromatic carbocycles. The highest BCUT2D eigenvalue weighted by molar-refractivity contribution is 5.45. The van der Waals surface area contributed by atoms with E-state index in [1.54, 1.807) is 13.2 Å². The third-order valence-corrected chi connectivity index (χ3v) is 3.30. The van der Waals surface area contributed by atoms with Gasteiger partial charge in [0.2, 0.25) is 0 Å². The molecule has 0 spiro atoms. The van der Waals surface area contributed by atoms with Crippen LogP contribution in [0.15, 0.2) is 48.5 Å². The molecular weight excluding hydrogens is 248 g/mol. The molecule has 0 fully saturated rings. The number of nitriles is 1. The van der Waals surface area contributed by atoms with Crippen LogP contribution in [0.3, 0.4) is 0 Å². The summed E-state index contributed by atoms with van der Waals surface area (Å²) in [5.74, 6) is 0.624. The molecule has 0 saturated carbocycles. The summed E-state index contributed by atoms with van der Waals surface area (Å²) in [7, 11) is 1.58. The molecule has 3 nitrogen and oxygen atoms in total.